The summed E-state index contributed by atoms with van der Waals surface area (Å²) in [5.41, 5.74) is 1.58. The highest BCUT2D eigenvalue weighted by molar-refractivity contribution is 5.88. The molecule has 1 amide bonds. The van der Waals surface area contributed by atoms with Gasteiger partial charge in [0, 0.05) is 29.2 Å². The Labute approximate surface area is 130 Å². The predicted molar refractivity (Wildman–Crippen MR) is 86.3 cm³/mol. The van der Waals surface area contributed by atoms with Crippen molar-refractivity contribution in [1.82, 2.24) is 9.47 Å². The van der Waals surface area contributed by atoms with Gasteiger partial charge >= 0.3 is 0 Å². The fraction of sp³-hybridized carbons (Fsp3) is 0.444. The first-order chi connectivity index (χ1) is 10.6. The summed E-state index contributed by atoms with van der Waals surface area (Å²) >= 11 is 0. The van der Waals surface area contributed by atoms with Crippen LogP contribution in [0.1, 0.15) is 38.7 Å². The Balaban J connectivity index is 1.90. The Morgan fingerprint density at radius 2 is 1.95 bits per heavy atom. The molecule has 0 saturated carbocycles. The molecular weight excluding hydrogens is 274 g/mol. The number of aromatic nitrogens is 1. The molecule has 0 bridgehead atoms. The lowest BCUT2D eigenvalue weighted by Crippen LogP contribution is -2.48. The average Bonchev–Trinajstić information content (AvgIpc) is 2.85. The Bertz CT molecular complexity index is 730. The van der Waals surface area contributed by atoms with E-state index in [2.05, 4.69) is 19.9 Å². The van der Waals surface area contributed by atoms with Gasteiger partial charge in [-0.25, -0.2) is 0 Å². The van der Waals surface area contributed by atoms with E-state index in [1.165, 1.54) is 6.42 Å². The van der Waals surface area contributed by atoms with Crippen LogP contribution in [0.5, 0.6) is 0 Å². The predicted octanol–water partition coefficient (Wildman–Crippen LogP) is 3.30. The van der Waals surface area contributed by atoms with Gasteiger partial charge in [0.25, 0.3) is 0 Å². The first-order valence-electron chi connectivity index (χ1n) is 7.91. The molecule has 0 spiro atoms. The first-order valence-corrected chi connectivity index (χ1v) is 7.91. The number of likely N-dealkylation sites (tertiary alicyclic amines) is 1. The Kier molecular flexibility index (Phi) is 3.89. The lowest BCUT2D eigenvalue weighted by atomic mass is 9.97. The number of benzene rings is 1. The van der Waals surface area contributed by atoms with Crippen molar-refractivity contribution in [3.8, 4) is 6.07 Å². The smallest absolute Gasteiger partial charge is 0.242 e. The Morgan fingerprint density at radius 1 is 1.27 bits per heavy atom. The quantitative estimate of drug-likeness (QED) is 0.853. The second kappa shape index (κ2) is 5.84. The van der Waals surface area contributed by atoms with Crippen molar-refractivity contribution in [2.45, 2.75) is 51.7 Å². The highest BCUT2D eigenvalue weighted by atomic mass is 16.2. The van der Waals surface area contributed by atoms with Crippen LogP contribution >= 0.6 is 0 Å². The van der Waals surface area contributed by atoms with E-state index in [0.717, 1.165) is 23.7 Å². The summed E-state index contributed by atoms with van der Waals surface area (Å²) in [6, 6.07) is 10.6. The summed E-state index contributed by atoms with van der Waals surface area (Å²) in [6.07, 6.45) is 5.14. The normalized spacial score (nSPS) is 21.8. The second-order valence-corrected chi connectivity index (χ2v) is 6.23. The van der Waals surface area contributed by atoms with Gasteiger partial charge in [-0.3, -0.25) is 4.79 Å². The van der Waals surface area contributed by atoms with Crippen molar-refractivity contribution in [2.75, 3.05) is 0 Å². The number of nitriles is 1. The lowest BCUT2D eigenvalue weighted by Gasteiger charge is -2.39. The number of carbonyl (C=O) groups excluding carboxylic acids is 1. The summed E-state index contributed by atoms with van der Waals surface area (Å²) in [5.74, 6) is 0.143. The van der Waals surface area contributed by atoms with Crippen molar-refractivity contribution < 1.29 is 4.79 Å². The molecule has 2 aromatic rings. The number of rotatable bonds is 2. The van der Waals surface area contributed by atoms with Crippen LogP contribution in [0, 0.1) is 11.3 Å². The molecule has 2 heterocycles. The maximum Gasteiger partial charge on any atom is 0.242 e. The first kappa shape index (κ1) is 14.6. The van der Waals surface area contributed by atoms with Crippen LogP contribution in [0.2, 0.25) is 0 Å². The van der Waals surface area contributed by atoms with E-state index in [4.69, 9.17) is 0 Å². The van der Waals surface area contributed by atoms with Crippen LogP contribution in [0.25, 0.3) is 10.9 Å². The molecule has 0 N–H and O–H groups in total. The van der Waals surface area contributed by atoms with Gasteiger partial charge in [0.1, 0.15) is 12.6 Å². The van der Waals surface area contributed by atoms with E-state index in [-0.39, 0.29) is 5.91 Å². The molecule has 1 saturated heterocycles. The van der Waals surface area contributed by atoms with E-state index in [1.807, 2.05) is 33.7 Å². The van der Waals surface area contributed by atoms with Crippen LogP contribution in [-0.2, 0) is 11.3 Å². The SMILES string of the molecule is C[C@H]1CCC[C@H](C)N1C(=O)Cn1cc(C#N)c2ccccc21. The molecule has 0 unspecified atom stereocenters. The van der Waals surface area contributed by atoms with Crippen LogP contribution in [0.3, 0.4) is 0 Å². The molecule has 1 aliphatic heterocycles. The minimum Gasteiger partial charge on any atom is -0.337 e. The number of hydrogen-bond donors (Lipinski definition) is 0. The average molecular weight is 295 g/mol. The van der Waals surface area contributed by atoms with E-state index in [1.54, 1.807) is 6.20 Å². The van der Waals surface area contributed by atoms with Crippen molar-refractivity contribution in [3.63, 3.8) is 0 Å². The maximum atomic E-state index is 12.8. The summed E-state index contributed by atoms with van der Waals surface area (Å²) in [4.78, 5) is 14.8. The fourth-order valence-corrected chi connectivity index (χ4v) is 3.61. The van der Waals surface area contributed by atoms with Crippen LogP contribution in [0.15, 0.2) is 30.5 Å². The Morgan fingerprint density at radius 3 is 2.64 bits per heavy atom. The molecule has 2 atom stereocenters. The summed E-state index contributed by atoms with van der Waals surface area (Å²) in [7, 11) is 0. The maximum absolute atomic E-state index is 12.8. The van der Waals surface area contributed by atoms with E-state index < -0.39 is 0 Å². The molecular formula is C18H21N3O. The number of piperidine rings is 1. The molecule has 4 nitrogen and oxygen atoms in total. The highest BCUT2D eigenvalue weighted by Gasteiger charge is 2.29. The number of carbonyl (C=O) groups is 1. The molecule has 114 valence electrons. The largest absolute Gasteiger partial charge is 0.337 e. The van der Waals surface area contributed by atoms with Crippen molar-refractivity contribution in [1.29, 1.82) is 5.26 Å². The van der Waals surface area contributed by atoms with Gasteiger partial charge < -0.3 is 9.47 Å². The standard InChI is InChI=1S/C18H21N3O/c1-13-6-5-7-14(2)21(13)18(22)12-20-11-15(10-19)16-8-3-4-9-17(16)20/h3-4,8-9,11,13-14H,5-7,12H2,1-2H3/t13-,14-/m0/s1. The molecule has 3 rings (SSSR count). The zero-order valence-electron chi connectivity index (χ0n) is 13.1. The van der Waals surface area contributed by atoms with Crippen molar-refractivity contribution in [2.24, 2.45) is 0 Å². The lowest BCUT2D eigenvalue weighted by molar-refractivity contribution is -0.137. The molecule has 1 aliphatic rings. The van der Waals surface area contributed by atoms with E-state index in [0.29, 0.717) is 24.2 Å². The van der Waals surface area contributed by atoms with Crippen LogP contribution in [0.4, 0.5) is 0 Å². The summed E-state index contributed by atoms with van der Waals surface area (Å²) in [6.45, 7) is 4.56. The van der Waals surface area contributed by atoms with Gasteiger partial charge in [-0.15, -0.1) is 0 Å². The van der Waals surface area contributed by atoms with Gasteiger partial charge in [-0.05, 0) is 39.2 Å². The van der Waals surface area contributed by atoms with Crippen molar-refractivity contribution >= 4 is 16.8 Å². The fourth-order valence-electron chi connectivity index (χ4n) is 3.61. The number of hydrogen-bond acceptors (Lipinski definition) is 2. The van der Waals surface area contributed by atoms with Crippen LogP contribution in [-0.4, -0.2) is 27.5 Å². The third kappa shape index (κ3) is 2.48. The molecule has 1 fully saturated rings. The van der Waals surface area contributed by atoms with Crippen molar-refractivity contribution in [3.05, 3.63) is 36.0 Å². The third-order valence-corrected chi connectivity index (χ3v) is 4.70. The van der Waals surface area contributed by atoms with Gasteiger partial charge in [-0.2, -0.15) is 5.26 Å². The molecule has 1 aromatic carbocycles. The second-order valence-electron chi connectivity index (χ2n) is 6.23. The number of para-hydroxylation sites is 1. The minimum absolute atomic E-state index is 0.143. The van der Waals surface area contributed by atoms with E-state index in [9.17, 15) is 10.1 Å². The van der Waals surface area contributed by atoms with Gasteiger partial charge in [-0.1, -0.05) is 18.2 Å². The molecule has 0 aliphatic carbocycles. The van der Waals surface area contributed by atoms with Gasteiger partial charge in [0.2, 0.25) is 5.91 Å². The zero-order valence-corrected chi connectivity index (χ0v) is 13.1. The molecule has 4 heteroatoms. The molecule has 0 radical (unpaired) electrons. The molecule has 1 aromatic heterocycles. The van der Waals surface area contributed by atoms with Crippen LogP contribution < -0.4 is 0 Å². The Hall–Kier alpha value is -2.28. The van der Waals surface area contributed by atoms with Gasteiger partial charge in [0.15, 0.2) is 0 Å². The topological polar surface area (TPSA) is 49.0 Å². The minimum atomic E-state index is 0.143. The highest BCUT2D eigenvalue weighted by Crippen LogP contribution is 2.25. The zero-order chi connectivity index (χ0) is 15.7. The summed E-state index contributed by atoms with van der Waals surface area (Å²) in [5, 5.41) is 10.2. The van der Waals surface area contributed by atoms with E-state index >= 15 is 0 Å². The number of amides is 1. The number of nitrogens with zero attached hydrogens (tertiary/aromatic N) is 3. The third-order valence-electron chi connectivity index (χ3n) is 4.70. The van der Waals surface area contributed by atoms with Gasteiger partial charge in [0.05, 0.1) is 5.56 Å². The molecule has 22 heavy (non-hydrogen) atoms. The monoisotopic (exact) mass is 295 g/mol. The number of fused-ring (bicyclic) bond motifs is 1. The summed E-state index contributed by atoms with van der Waals surface area (Å²) < 4.78 is 1.91.